The molecule has 1 aromatic rings. The summed E-state index contributed by atoms with van der Waals surface area (Å²) in [6.07, 6.45) is 4.64. The van der Waals surface area contributed by atoms with Crippen LogP contribution in [0.4, 0.5) is 0 Å². The number of nitrogens with zero attached hydrogens (tertiary/aromatic N) is 3. The first kappa shape index (κ1) is 15.1. The Morgan fingerprint density at radius 1 is 1.35 bits per heavy atom. The van der Waals surface area contributed by atoms with Gasteiger partial charge >= 0.3 is 0 Å². The highest BCUT2D eigenvalue weighted by Gasteiger charge is 2.45. The summed E-state index contributed by atoms with van der Waals surface area (Å²) in [6, 6.07) is 4.07. The highest BCUT2D eigenvalue weighted by molar-refractivity contribution is 5.78. The standard InChI is InChI=1S/C17H23N3O3/c21-17(20-5-2-6-23-20)16-12-22-11-14-9-19(10-15(14)16)8-13-3-1-4-18-7-13/h1,3-4,7,14-16H,2,5-6,8-12H2/t14-,15-,16+/m1/s1. The van der Waals surface area contributed by atoms with E-state index < -0.39 is 0 Å². The average molecular weight is 317 g/mol. The molecule has 6 heteroatoms. The lowest BCUT2D eigenvalue weighted by Crippen LogP contribution is -2.45. The Hall–Kier alpha value is -1.50. The van der Waals surface area contributed by atoms with Crippen LogP contribution in [0.25, 0.3) is 0 Å². The number of aromatic nitrogens is 1. The van der Waals surface area contributed by atoms with Crippen LogP contribution in [0.5, 0.6) is 0 Å². The zero-order valence-electron chi connectivity index (χ0n) is 13.3. The van der Waals surface area contributed by atoms with Crippen molar-refractivity contribution in [2.75, 3.05) is 39.5 Å². The summed E-state index contributed by atoms with van der Waals surface area (Å²) in [5, 5.41) is 1.56. The largest absolute Gasteiger partial charge is 0.380 e. The number of rotatable bonds is 3. The number of hydroxylamine groups is 2. The van der Waals surface area contributed by atoms with Gasteiger partial charge in [0.15, 0.2) is 0 Å². The van der Waals surface area contributed by atoms with E-state index in [1.807, 2.05) is 12.3 Å². The number of ether oxygens (including phenoxy) is 1. The monoisotopic (exact) mass is 317 g/mol. The Bertz CT molecular complexity index is 547. The molecule has 0 unspecified atom stereocenters. The molecule has 3 atom stereocenters. The fourth-order valence-electron chi connectivity index (χ4n) is 4.03. The summed E-state index contributed by atoms with van der Waals surface area (Å²) in [6.45, 7) is 5.49. The summed E-state index contributed by atoms with van der Waals surface area (Å²) in [7, 11) is 0. The minimum Gasteiger partial charge on any atom is -0.380 e. The number of carbonyl (C=O) groups excluding carboxylic acids is 1. The normalized spacial score (nSPS) is 31.3. The van der Waals surface area contributed by atoms with Gasteiger partial charge in [-0.05, 0) is 29.9 Å². The molecule has 0 radical (unpaired) electrons. The Labute approximate surface area is 136 Å². The van der Waals surface area contributed by atoms with Gasteiger partial charge in [0.05, 0.1) is 32.3 Å². The molecule has 6 nitrogen and oxygen atoms in total. The maximum absolute atomic E-state index is 12.7. The molecule has 3 aliphatic rings. The number of carbonyl (C=O) groups is 1. The van der Waals surface area contributed by atoms with Gasteiger partial charge < -0.3 is 4.74 Å². The molecule has 1 amide bonds. The highest BCUT2D eigenvalue weighted by Crippen LogP contribution is 2.36. The van der Waals surface area contributed by atoms with Crippen molar-refractivity contribution in [3.8, 4) is 0 Å². The predicted octanol–water partition coefficient (Wildman–Crippen LogP) is 0.940. The van der Waals surface area contributed by atoms with E-state index in [1.165, 1.54) is 5.56 Å². The van der Waals surface area contributed by atoms with Crippen LogP contribution in [0.1, 0.15) is 12.0 Å². The van der Waals surface area contributed by atoms with Gasteiger partial charge in [-0.25, -0.2) is 5.06 Å². The van der Waals surface area contributed by atoms with Gasteiger partial charge in [-0.2, -0.15) is 0 Å². The van der Waals surface area contributed by atoms with E-state index in [4.69, 9.17) is 9.57 Å². The van der Waals surface area contributed by atoms with Crippen LogP contribution >= 0.6 is 0 Å². The summed E-state index contributed by atoms with van der Waals surface area (Å²) in [4.78, 5) is 24.8. The van der Waals surface area contributed by atoms with E-state index in [9.17, 15) is 4.79 Å². The van der Waals surface area contributed by atoms with Crippen molar-refractivity contribution in [1.29, 1.82) is 0 Å². The van der Waals surface area contributed by atoms with Crippen LogP contribution in [-0.2, 0) is 20.9 Å². The Morgan fingerprint density at radius 2 is 2.30 bits per heavy atom. The number of hydrogen-bond acceptors (Lipinski definition) is 5. The molecule has 0 spiro atoms. The molecule has 0 N–H and O–H groups in total. The second-order valence-electron chi connectivity index (χ2n) is 6.75. The summed E-state index contributed by atoms with van der Waals surface area (Å²) in [5.74, 6) is 0.861. The second kappa shape index (κ2) is 6.55. The third-order valence-electron chi connectivity index (χ3n) is 5.16. The van der Waals surface area contributed by atoms with Crippen molar-refractivity contribution in [3.63, 3.8) is 0 Å². The first-order valence-electron chi connectivity index (χ1n) is 8.44. The molecule has 23 heavy (non-hydrogen) atoms. The fraction of sp³-hybridized carbons (Fsp3) is 0.647. The minimum absolute atomic E-state index is 0.0641. The molecule has 4 heterocycles. The van der Waals surface area contributed by atoms with Gasteiger partial charge in [-0.1, -0.05) is 6.07 Å². The molecule has 0 bridgehead atoms. The molecule has 0 saturated carbocycles. The lowest BCUT2D eigenvalue weighted by molar-refractivity contribution is -0.181. The summed E-state index contributed by atoms with van der Waals surface area (Å²) >= 11 is 0. The molecule has 0 aliphatic carbocycles. The van der Waals surface area contributed by atoms with Crippen molar-refractivity contribution in [2.24, 2.45) is 17.8 Å². The quantitative estimate of drug-likeness (QED) is 0.830. The number of pyridine rings is 1. The molecular formula is C17H23N3O3. The van der Waals surface area contributed by atoms with Gasteiger partial charge in [0.1, 0.15) is 0 Å². The Balaban J connectivity index is 1.42. The van der Waals surface area contributed by atoms with E-state index >= 15 is 0 Å². The number of likely N-dealkylation sites (tertiary alicyclic amines) is 1. The smallest absolute Gasteiger partial charge is 0.251 e. The van der Waals surface area contributed by atoms with Crippen molar-refractivity contribution >= 4 is 5.91 Å². The van der Waals surface area contributed by atoms with Crippen molar-refractivity contribution in [1.82, 2.24) is 14.9 Å². The SMILES string of the molecule is O=C([C@H]1COC[C@H]2CN(Cc3cccnc3)C[C@H]21)N1CCCO1. The highest BCUT2D eigenvalue weighted by atomic mass is 16.7. The Kier molecular flexibility index (Phi) is 4.29. The molecule has 3 fully saturated rings. The molecule has 4 rings (SSSR count). The van der Waals surface area contributed by atoms with Crippen molar-refractivity contribution < 1.29 is 14.4 Å². The molecule has 3 aliphatic heterocycles. The van der Waals surface area contributed by atoms with Gasteiger partial charge in [-0.3, -0.25) is 19.5 Å². The van der Waals surface area contributed by atoms with Crippen LogP contribution in [-0.4, -0.2) is 60.3 Å². The van der Waals surface area contributed by atoms with Gasteiger partial charge in [0.2, 0.25) is 0 Å². The molecule has 1 aromatic heterocycles. The first-order valence-corrected chi connectivity index (χ1v) is 8.44. The van der Waals surface area contributed by atoms with Crippen LogP contribution < -0.4 is 0 Å². The Morgan fingerprint density at radius 3 is 3.09 bits per heavy atom. The van der Waals surface area contributed by atoms with Gasteiger partial charge in [0.25, 0.3) is 5.91 Å². The number of fused-ring (bicyclic) bond motifs is 1. The molecule has 3 saturated heterocycles. The van der Waals surface area contributed by atoms with Gasteiger partial charge in [-0.15, -0.1) is 0 Å². The summed E-state index contributed by atoms with van der Waals surface area (Å²) in [5.41, 5.74) is 1.22. The van der Waals surface area contributed by atoms with E-state index in [0.717, 1.165) is 32.7 Å². The van der Waals surface area contributed by atoms with Crippen molar-refractivity contribution in [2.45, 2.75) is 13.0 Å². The van der Waals surface area contributed by atoms with E-state index in [1.54, 1.807) is 11.3 Å². The lowest BCUT2D eigenvalue weighted by Gasteiger charge is -2.33. The van der Waals surface area contributed by atoms with Gasteiger partial charge in [0, 0.05) is 32.0 Å². The zero-order valence-corrected chi connectivity index (χ0v) is 13.3. The number of hydrogen-bond donors (Lipinski definition) is 0. The number of amides is 1. The second-order valence-corrected chi connectivity index (χ2v) is 6.75. The van der Waals surface area contributed by atoms with Crippen LogP contribution in [0.2, 0.25) is 0 Å². The van der Waals surface area contributed by atoms with Crippen LogP contribution in [0, 0.1) is 17.8 Å². The van der Waals surface area contributed by atoms with Crippen LogP contribution in [0.3, 0.4) is 0 Å². The third-order valence-corrected chi connectivity index (χ3v) is 5.16. The summed E-state index contributed by atoms with van der Waals surface area (Å²) < 4.78 is 5.73. The maximum atomic E-state index is 12.7. The van der Waals surface area contributed by atoms with E-state index in [-0.39, 0.29) is 11.8 Å². The zero-order chi connectivity index (χ0) is 15.6. The predicted molar refractivity (Wildman–Crippen MR) is 83.1 cm³/mol. The first-order chi connectivity index (χ1) is 11.3. The average Bonchev–Trinajstić information content (AvgIpc) is 3.24. The lowest BCUT2D eigenvalue weighted by atomic mass is 9.82. The van der Waals surface area contributed by atoms with E-state index in [2.05, 4.69) is 16.0 Å². The molecular weight excluding hydrogens is 294 g/mol. The third kappa shape index (κ3) is 3.11. The molecule has 124 valence electrons. The van der Waals surface area contributed by atoms with Crippen molar-refractivity contribution in [3.05, 3.63) is 30.1 Å². The van der Waals surface area contributed by atoms with Crippen LogP contribution in [0.15, 0.2) is 24.5 Å². The minimum atomic E-state index is -0.0641. The molecule has 0 aromatic carbocycles. The fourth-order valence-corrected chi connectivity index (χ4v) is 4.03. The topological polar surface area (TPSA) is 54.9 Å². The van der Waals surface area contributed by atoms with E-state index in [0.29, 0.717) is 31.6 Å². The maximum Gasteiger partial charge on any atom is 0.251 e.